The van der Waals surface area contributed by atoms with Crippen LogP contribution in [0, 0.1) is 0 Å². The smallest absolute Gasteiger partial charge is 0.166 e. The van der Waals surface area contributed by atoms with Crippen LogP contribution in [0.4, 0.5) is 5.69 Å². The Kier molecular flexibility index (Phi) is 5.59. The molecule has 0 heterocycles. The predicted molar refractivity (Wildman–Crippen MR) is 88.0 cm³/mol. The van der Waals surface area contributed by atoms with Crippen molar-refractivity contribution >= 4 is 28.9 Å². The number of halogens is 2. The molecule has 5 heteroatoms. The van der Waals surface area contributed by atoms with Crippen LogP contribution in [0.25, 0.3) is 0 Å². The fourth-order valence-corrected chi connectivity index (χ4v) is 2.47. The molecule has 3 nitrogen and oxygen atoms in total. The van der Waals surface area contributed by atoms with Gasteiger partial charge in [0.25, 0.3) is 0 Å². The van der Waals surface area contributed by atoms with E-state index in [0.29, 0.717) is 23.2 Å². The lowest BCUT2D eigenvalue weighted by molar-refractivity contribution is 0.308. The highest BCUT2D eigenvalue weighted by Crippen LogP contribution is 2.32. The second-order valence-electron chi connectivity index (χ2n) is 4.36. The van der Waals surface area contributed by atoms with Crippen LogP contribution in [0.5, 0.6) is 11.5 Å². The van der Waals surface area contributed by atoms with Gasteiger partial charge in [-0.25, -0.2) is 0 Å². The number of hydrogen-bond acceptors (Lipinski definition) is 3. The molecule has 2 rings (SSSR count). The average Bonchev–Trinajstić information content (AvgIpc) is 2.47. The van der Waals surface area contributed by atoms with Gasteiger partial charge in [0, 0.05) is 17.1 Å². The van der Waals surface area contributed by atoms with Gasteiger partial charge in [0.15, 0.2) is 11.5 Å². The molecule has 0 aliphatic heterocycles. The largest absolute Gasteiger partial charge is 0.493 e. The number of rotatable bonds is 6. The summed E-state index contributed by atoms with van der Waals surface area (Å²) in [6, 6.07) is 11.2. The molecule has 0 atom stereocenters. The van der Waals surface area contributed by atoms with Crippen molar-refractivity contribution in [2.24, 2.45) is 0 Å². The van der Waals surface area contributed by atoms with Crippen molar-refractivity contribution in [3.63, 3.8) is 0 Å². The lowest BCUT2D eigenvalue weighted by Gasteiger charge is -2.15. The molecule has 0 radical (unpaired) electrons. The Morgan fingerprint density at radius 3 is 2.62 bits per heavy atom. The summed E-state index contributed by atoms with van der Waals surface area (Å²) >= 11 is 12.0. The van der Waals surface area contributed by atoms with Crippen LogP contribution in [0.15, 0.2) is 36.4 Å². The van der Waals surface area contributed by atoms with E-state index < -0.39 is 0 Å². The van der Waals surface area contributed by atoms with E-state index in [1.807, 2.05) is 31.2 Å². The van der Waals surface area contributed by atoms with E-state index in [4.69, 9.17) is 32.7 Å². The topological polar surface area (TPSA) is 30.5 Å². The first kappa shape index (κ1) is 15.8. The molecule has 0 aromatic heterocycles. The Balaban J connectivity index is 2.19. The minimum absolute atomic E-state index is 0.577. The highest BCUT2D eigenvalue weighted by molar-refractivity contribution is 6.36. The van der Waals surface area contributed by atoms with E-state index in [0.717, 1.165) is 22.7 Å². The normalized spacial score (nSPS) is 10.3. The number of methoxy groups -OCH3 is 1. The maximum Gasteiger partial charge on any atom is 0.166 e. The molecule has 2 aromatic carbocycles. The summed E-state index contributed by atoms with van der Waals surface area (Å²) in [5, 5.41) is 4.48. The van der Waals surface area contributed by atoms with Crippen LogP contribution in [0.3, 0.4) is 0 Å². The molecule has 0 fully saturated rings. The molecule has 112 valence electrons. The van der Waals surface area contributed by atoms with Crippen LogP contribution < -0.4 is 14.8 Å². The second kappa shape index (κ2) is 7.43. The fraction of sp³-hybridized carbons (Fsp3) is 0.250. The molecule has 0 bridgehead atoms. The molecule has 0 amide bonds. The van der Waals surface area contributed by atoms with Gasteiger partial charge >= 0.3 is 0 Å². The first-order valence-corrected chi connectivity index (χ1v) is 7.39. The summed E-state index contributed by atoms with van der Waals surface area (Å²) in [4.78, 5) is 0. The Labute approximate surface area is 134 Å². The molecule has 0 aliphatic rings. The number of ether oxygens (including phenoxy) is 2. The Hall–Kier alpha value is -1.58. The zero-order chi connectivity index (χ0) is 15.2. The maximum atomic E-state index is 6.15. The summed E-state index contributed by atoms with van der Waals surface area (Å²) in [7, 11) is 1.63. The summed E-state index contributed by atoms with van der Waals surface area (Å²) in [5.74, 6) is 1.47. The van der Waals surface area contributed by atoms with E-state index in [2.05, 4.69) is 5.32 Å². The van der Waals surface area contributed by atoms with Gasteiger partial charge in [-0.05, 0) is 31.2 Å². The number of benzene rings is 2. The first-order chi connectivity index (χ1) is 10.2. The van der Waals surface area contributed by atoms with Crippen molar-refractivity contribution in [3.05, 3.63) is 52.0 Å². The van der Waals surface area contributed by atoms with Gasteiger partial charge in [-0.2, -0.15) is 0 Å². The summed E-state index contributed by atoms with van der Waals surface area (Å²) in [6.45, 7) is 3.10. The molecular weight excluding hydrogens is 309 g/mol. The lowest BCUT2D eigenvalue weighted by atomic mass is 10.1. The molecular formula is C16H17Cl2NO2. The van der Waals surface area contributed by atoms with Crippen molar-refractivity contribution in [2.45, 2.75) is 13.5 Å². The van der Waals surface area contributed by atoms with Crippen LogP contribution in [0.2, 0.25) is 10.0 Å². The van der Waals surface area contributed by atoms with Crippen LogP contribution in [-0.4, -0.2) is 13.7 Å². The molecule has 0 unspecified atom stereocenters. The van der Waals surface area contributed by atoms with Crippen molar-refractivity contribution < 1.29 is 9.47 Å². The van der Waals surface area contributed by atoms with Gasteiger partial charge in [0.05, 0.1) is 24.4 Å². The van der Waals surface area contributed by atoms with Gasteiger partial charge in [0.1, 0.15) is 0 Å². The highest BCUT2D eigenvalue weighted by Gasteiger charge is 2.10. The second-order valence-corrected chi connectivity index (χ2v) is 5.20. The molecule has 0 saturated heterocycles. The molecule has 0 saturated carbocycles. The zero-order valence-electron chi connectivity index (χ0n) is 12.0. The first-order valence-electron chi connectivity index (χ1n) is 6.63. The van der Waals surface area contributed by atoms with Crippen molar-refractivity contribution in [3.8, 4) is 11.5 Å². The zero-order valence-corrected chi connectivity index (χ0v) is 13.5. The quantitative estimate of drug-likeness (QED) is 0.809. The Bertz CT molecular complexity index is 617. The fourth-order valence-electron chi connectivity index (χ4n) is 1.99. The van der Waals surface area contributed by atoms with E-state index in [-0.39, 0.29) is 0 Å². The third-order valence-corrected chi connectivity index (χ3v) is 3.52. The van der Waals surface area contributed by atoms with E-state index in [1.165, 1.54) is 0 Å². The van der Waals surface area contributed by atoms with Crippen molar-refractivity contribution in [2.75, 3.05) is 19.0 Å². The summed E-state index contributed by atoms with van der Waals surface area (Å²) < 4.78 is 11.0. The van der Waals surface area contributed by atoms with Gasteiger partial charge in [-0.1, -0.05) is 35.3 Å². The molecule has 21 heavy (non-hydrogen) atoms. The van der Waals surface area contributed by atoms with Crippen molar-refractivity contribution in [1.82, 2.24) is 0 Å². The van der Waals surface area contributed by atoms with E-state index in [9.17, 15) is 0 Å². The molecule has 1 N–H and O–H groups in total. The number of anilines is 1. The highest BCUT2D eigenvalue weighted by atomic mass is 35.5. The van der Waals surface area contributed by atoms with Gasteiger partial charge in [0.2, 0.25) is 0 Å². The minimum Gasteiger partial charge on any atom is -0.493 e. The van der Waals surface area contributed by atoms with Gasteiger partial charge in [-0.15, -0.1) is 0 Å². The van der Waals surface area contributed by atoms with E-state index in [1.54, 1.807) is 19.2 Å². The van der Waals surface area contributed by atoms with Gasteiger partial charge < -0.3 is 14.8 Å². The monoisotopic (exact) mass is 325 g/mol. The molecule has 0 spiro atoms. The average molecular weight is 326 g/mol. The molecule has 0 aliphatic carbocycles. The SMILES string of the molecule is CCOc1c(CNc2ccc(Cl)cc2Cl)cccc1OC. The van der Waals surface area contributed by atoms with Crippen LogP contribution >= 0.6 is 23.2 Å². The predicted octanol–water partition coefficient (Wildman–Crippen LogP) is 5.01. The Morgan fingerprint density at radius 2 is 1.95 bits per heavy atom. The number of nitrogens with one attached hydrogen (secondary N) is 1. The number of hydrogen-bond donors (Lipinski definition) is 1. The summed E-state index contributed by atoms with van der Waals surface area (Å²) in [6.07, 6.45) is 0. The van der Waals surface area contributed by atoms with Gasteiger partial charge in [-0.3, -0.25) is 0 Å². The Morgan fingerprint density at radius 1 is 1.14 bits per heavy atom. The third-order valence-electron chi connectivity index (χ3n) is 2.97. The van der Waals surface area contributed by atoms with Crippen LogP contribution in [0.1, 0.15) is 12.5 Å². The number of para-hydroxylation sites is 1. The van der Waals surface area contributed by atoms with E-state index >= 15 is 0 Å². The van der Waals surface area contributed by atoms with Crippen LogP contribution in [-0.2, 0) is 6.54 Å². The standard InChI is InChI=1S/C16H17Cl2NO2/c1-3-21-16-11(5-4-6-15(16)20-2)10-19-14-8-7-12(17)9-13(14)18/h4-9,19H,3,10H2,1-2H3. The summed E-state index contributed by atoms with van der Waals surface area (Å²) in [5.41, 5.74) is 1.83. The maximum absolute atomic E-state index is 6.15. The lowest BCUT2D eigenvalue weighted by Crippen LogP contribution is -2.05. The minimum atomic E-state index is 0.577. The van der Waals surface area contributed by atoms with Crippen molar-refractivity contribution in [1.29, 1.82) is 0 Å². The molecule has 2 aromatic rings. The third kappa shape index (κ3) is 3.96.